The summed E-state index contributed by atoms with van der Waals surface area (Å²) < 4.78 is 4.86. The Morgan fingerprint density at radius 2 is 2.21 bits per heavy atom. The molecule has 0 aromatic rings. The molecule has 1 heterocycles. The molecule has 0 aromatic heterocycles. The number of urea groups is 1. The van der Waals surface area contributed by atoms with Gasteiger partial charge in [0.25, 0.3) is 0 Å². The number of nitrogens with zero attached hydrogens (tertiary/aromatic N) is 1. The Kier molecular flexibility index (Phi) is 6.44. The minimum atomic E-state index is -1.03. The van der Waals surface area contributed by atoms with Crippen molar-refractivity contribution in [1.82, 2.24) is 10.2 Å². The van der Waals surface area contributed by atoms with E-state index >= 15 is 0 Å². The first kappa shape index (κ1) is 16.1. The minimum absolute atomic E-state index is 0.107. The molecule has 1 rings (SSSR count). The van der Waals surface area contributed by atoms with Crippen LogP contribution < -0.4 is 5.32 Å². The second-order valence-electron chi connectivity index (χ2n) is 4.63. The van der Waals surface area contributed by atoms with Gasteiger partial charge in [-0.25, -0.2) is 9.59 Å². The highest BCUT2D eigenvalue weighted by atomic mass is 32.2. The lowest BCUT2D eigenvalue weighted by molar-refractivity contribution is -0.139. The maximum atomic E-state index is 12.1. The summed E-state index contributed by atoms with van der Waals surface area (Å²) in [6, 6.07) is -1.09. The minimum Gasteiger partial charge on any atom is -0.480 e. The number of carboxylic acid groups (broad SMARTS) is 1. The SMILES string of the molecule is COCCC(NC(=O)N1CCSC(C)C1C)C(=O)O. The van der Waals surface area contributed by atoms with E-state index in [-0.39, 0.29) is 18.5 Å². The van der Waals surface area contributed by atoms with Gasteiger partial charge in [-0.3, -0.25) is 0 Å². The van der Waals surface area contributed by atoms with Gasteiger partial charge in [-0.15, -0.1) is 0 Å². The molecule has 0 saturated carbocycles. The van der Waals surface area contributed by atoms with E-state index in [1.54, 1.807) is 4.90 Å². The van der Waals surface area contributed by atoms with Gasteiger partial charge < -0.3 is 20.1 Å². The summed E-state index contributed by atoms with van der Waals surface area (Å²) in [5.41, 5.74) is 0. The lowest BCUT2D eigenvalue weighted by Gasteiger charge is -2.37. The van der Waals surface area contributed by atoms with Gasteiger partial charge >= 0.3 is 12.0 Å². The van der Waals surface area contributed by atoms with E-state index in [1.165, 1.54) is 7.11 Å². The lowest BCUT2D eigenvalue weighted by Crippen LogP contribution is -2.55. The normalized spacial score (nSPS) is 24.9. The lowest BCUT2D eigenvalue weighted by atomic mass is 10.2. The van der Waals surface area contributed by atoms with Crippen LogP contribution in [0.3, 0.4) is 0 Å². The molecule has 7 heteroatoms. The van der Waals surface area contributed by atoms with Gasteiger partial charge in [0.05, 0.1) is 0 Å². The highest BCUT2D eigenvalue weighted by Gasteiger charge is 2.31. The van der Waals surface area contributed by atoms with E-state index in [0.29, 0.717) is 18.4 Å². The number of thioether (sulfide) groups is 1. The van der Waals surface area contributed by atoms with Crippen molar-refractivity contribution in [3.8, 4) is 0 Å². The van der Waals surface area contributed by atoms with E-state index in [2.05, 4.69) is 12.2 Å². The first-order valence-corrected chi connectivity index (χ1v) is 7.42. The van der Waals surface area contributed by atoms with Gasteiger partial charge in [0.1, 0.15) is 6.04 Å². The van der Waals surface area contributed by atoms with Crippen molar-refractivity contribution in [2.24, 2.45) is 0 Å². The Labute approximate surface area is 117 Å². The molecule has 0 bridgehead atoms. The highest BCUT2D eigenvalue weighted by molar-refractivity contribution is 8.00. The Morgan fingerprint density at radius 3 is 2.79 bits per heavy atom. The number of ether oxygens (including phenoxy) is 1. The van der Waals surface area contributed by atoms with Gasteiger partial charge in [0.2, 0.25) is 0 Å². The zero-order chi connectivity index (χ0) is 14.4. The molecule has 1 fully saturated rings. The average molecular weight is 290 g/mol. The monoisotopic (exact) mass is 290 g/mol. The van der Waals surface area contributed by atoms with Crippen molar-refractivity contribution < 1.29 is 19.4 Å². The van der Waals surface area contributed by atoms with Crippen molar-refractivity contribution >= 4 is 23.8 Å². The van der Waals surface area contributed by atoms with E-state index in [0.717, 1.165) is 5.75 Å². The van der Waals surface area contributed by atoms with Crippen LogP contribution in [-0.4, -0.2) is 65.4 Å². The maximum Gasteiger partial charge on any atom is 0.326 e. The molecule has 0 radical (unpaired) electrons. The first-order chi connectivity index (χ1) is 8.97. The molecule has 0 aliphatic carbocycles. The maximum absolute atomic E-state index is 12.1. The smallest absolute Gasteiger partial charge is 0.326 e. The zero-order valence-electron chi connectivity index (χ0n) is 11.6. The van der Waals surface area contributed by atoms with Crippen LogP contribution in [0, 0.1) is 0 Å². The second kappa shape index (κ2) is 7.59. The molecule has 1 saturated heterocycles. The topological polar surface area (TPSA) is 78.9 Å². The summed E-state index contributed by atoms with van der Waals surface area (Å²) in [7, 11) is 1.51. The number of amides is 2. The van der Waals surface area contributed by atoms with Crippen molar-refractivity contribution in [2.75, 3.05) is 26.0 Å². The molecule has 6 nitrogen and oxygen atoms in total. The Morgan fingerprint density at radius 1 is 1.53 bits per heavy atom. The number of hydrogen-bond acceptors (Lipinski definition) is 4. The van der Waals surface area contributed by atoms with E-state index in [4.69, 9.17) is 9.84 Å². The van der Waals surface area contributed by atoms with Crippen LogP contribution in [0.1, 0.15) is 20.3 Å². The Balaban J connectivity index is 2.58. The number of nitrogens with one attached hydrogen (secondary N) is 1. The fourth-order valence-corrected chi connectivity index (χ4v) is 3.04. The van der Waals surface area contributed by atoms with Gasteiger partial charge in [-0.2, -0.15) is 11.8 Å². The van der Waals surface area contributed by atoms with Crippen LogP contribution in [0.4, 0.5) is 4.79 Å². The first-order valence-electron chi connectivity index (χ1n) is 6.37. The largest absolute Gasteiger partial charge is 0.480 e. The van der Waals surface area contributed by atoms with Crippen molar-refractivity contribution in [1.29, 1.82) is 0 Å². The van der Waals surface area contributed by atoms with Crippen molar-refractivity contribution in [3.63, 3.8) is 0 Å². The summed E-state index contributed by atoms with van der Waals surface area (Å²) in [5, 5.41) is 12.0. The molecular formula is C12H22N2O4S. The summed E-state index contributed by atoms with van der Waals surface area (Å²) >= 11 is 1.83. The van der Waals surface area contributed by atoms with Crippen LogP contribution in [0.5, 0.6) is 0 Å². The standard InChI is InChI=1S/C12H22N2O4S/c1-8-9(2)19-7-5-14(8)12(17)13-10(11(15)16)4-6-18-3/h8-10H,4-7H2,1-3H3,(H,13,17)(H,15,16). The third kappa shape index (κ3) is 4.58. The molecule has 3 atom stereocenters. The number of carbonyl (C=O) groups excluding carboxylic acids is 1. The van der Waals surface area contributed by atoms with Gasteiger partial charge in [0, 0.05) is 43.7 Å². The quantitative estimate of drug-likeness (QED) is 0.790. The number of methoxy groups -OCH3 is 1. The molecule has 0 aromatic carbocycles. The highest BCUT2D eigenvalue weighted by Crippen LogP contribution is 2.24. The summed E-state index contributed by atoms with van der Waals surface area (Å²) in [6.07, 6.45) is 0.268. The molecule has 19 heavy (non-hydrogen) atoms. The number of aliphatic carboxylic acids is 1. The Bertz CT molecular complexity index is 327. The molecule has 110 valence electrons. The van der Waals surface area contributed by atoms with Crippen LogP contribution in [-0.2, 0) is 9.53 Å². The average Bonchev–Trinajstić information content (AvgIpc) is 2.37. The number of carboxylic acids is 1. The van der Waals surface area contributed by atoms with Gasteiger partial charge in [-0.05, 0) is 6.92 Å². The van der Waals surface area contributed by atoms with Gasteiger partial charge in [-0.1, -0.05) is 6.92 Å². The van der Waals surface area contributed by atoms with Crippen molar-refractivity contribution in [3.05, 3.63) is 0 Å². The van der Waals surface area contributed by atoms with Crippen LogP contribution >= 0.6 is 11.8 Å². The van der Waals surface area contributed by atoms with Crippen molar-refractivity contribution in [2.45, 2.75) is 37.6 Å². The molecule has 1 aliphatic heterocycles. The molecule has 2 amide bonds. The zero-order valence-corrected chi connectivity index (χ0v) is 12.4. The number of carbonyl (C=O) groups is 2. The summed E-state index contributed by atoms with van der Waals surface area (Å²) in [4.78, 5) is 24.9. The number of hydrogen-bond donors (Lipinski definition) is 2. The molecular weight excluding hydrogens is 268 g/mol. The van der Waals surface area contributed by atoms with E-state index in [9.17, 15) is 9.59 Å². The summed E-state index contributed by atoms with van der Waals surface area (Å²) in [6.45, 7) is 5.02. The Hall–Kier alpha value is -0.950. The van der Waals surface area contributed by atoms with E-state index in [1.807, 2.05) is 18.7 Å². The second-order valence-corrected chi connectivity index (χ2v) is 6.12. The number of rotatable bonds is 5. The fraction of sp³-hybridized carbons (Fsp3) is 0.833. The molecule has 2 N–H and O–H groups in total. The molecule has 3 unspecified atom stereocenters. The molecule has 1 aliphatic rings. The summed E-state index contributed by atoms with van der Waals surface area (Å²) in [5.74, 6) is -0.146. The third-order valence-electron chi connectivity index (χ3n) is 3.35. The fourth-order valence-electron chi connectivity index (χ4n) is 1.94. The predicted molar refractivity (Wildman–Crippen MR) is 74.5 cm³/mol. The van der Waals surface area contributed by atoms with E-state index < -0.39 is 12.0 Å². The predicted octanol–water partition coefficient (Wildman–Crippen LogP) is 1.01. The van der Waals surface area contributed by atoms with Crippen LogP contribution in [0.15, 0.2) is 0 Å². The van der Waals surface area contributed by atoms with Crippen LogP contribution in [0.25, 0.3) is 0 Å². The third-order valence-corrected chi connectivity index (χ3v) is 4.69. The van der Waals surface area contributed by atoms with Gasteiger partial charge in [0.15, 0.2) is 0 Å². The molecule has 0 spiro atoms. The van der Waals surface area contributed by atoms with Crippen LogP contribution in [0.2, 0.25) is 0 Å².